The van der Waals surface area contributed by atoms with Gasteiger partial charge in [-0.05, 0) is 53.8 Å². The third-order valence-electron chi connectivity index (χ3n) is 8.18. The first-order chi connectivity index (χ1) is 19.1. The molecule has 1 aliphatic carbocycles. The molecule has 4 heterocycles. The van der Waals surface area contributed by atoms with Crippen molar-refractivity contribution in [2.75, 3.05) is 31.6 Å². The van der Waals surface area contributed by atoms with Gasteiger partial charge in [0.15, 0.2) is 0 Å². The van der Waals surface area contributed by atoms with Crippen LogP contribution in [0.5, 0.6) is 0 Å². The molecule has 8 nitrogen and oxygen atoms in total. The highest BCUT2D eigenvalue weighted by Gasteiger charge is 2.51. The van der Waals surface area contributed by atoms with Crippen LogP contribution in [0.1, 0.15) is 32.7 Å². The number of carbonyl (C=O) groups excluding carboxylic acids is 2. The molecule has 0 saturated carbocycles. The van der Waals surface area contributed by atoms with Crippen molar-refractivity contribution >= 4 is 28.5 Å². The summed E-state index contributed by atoms with van der Waals surface area (Å²) in [5.41, 5.74) is 4.96. The third kappa shape index (κ3) is 4.35. The maximum atomic E-state index is 13.0. The number of hydrogen-bond donors (Lipinski definition) is 2. The predicted octanol–water partition coefficient (Wildman–Crippen LogP) is 3.25. The number of ether oxygens (including phenoxy) is 1. The Morgan fingerprint density at radius 2 is 1.92 bits per heavy atom. The topological polar surface area (TPSA) is 96.5 Å². The molecule has 39 heavy (non-hydrogen) atoms. The van der Waals surface area contributed by atoms with Crippen LogP contribution in [0.3, 0.4) is 0 Å². The number of anilines is 1. The van der Waals surface area contributed by atoms with E-state index in [1.807, 2.05) is 30.3 Å². The number of fused-ring (bicyclic) bond motifs is 4. The largest absolute Gasteiger partial charge is 0.374 e. The van der Waals surface area contributed by atoms with E-state index in [1.54, 1.807) is 12.3 Å². The Kier molecular flexibility index (Phi) is 5.86. The van der Waals surface area contributed by atoms with Gasteiger partial charge in [-0.2, -0.15) is 0 Å². The zero-order valence-corrected chi connectivity index (χ0v) is 21.5. The Balaban J connectivity index is 1.04. The summed E-state index contributed by atoms with van der Waals surface area (Å²) in [6.45, 7) is 3.59. The van der Waals surface area contributed by atoms with Crippen LogP contribution in [0, 0.1) is 0 Å². The molecule has 1 saturated heterocycles. The molecule has 2 aliphatic heterocycles. The quantitative estimate of drug-likeness (QED) is 0.420. The summed E-state index contributed by atoms with van der Waals surface area (Å²) in [7, 11) is 0. The molecule has 2 N–H and O–H groups in total. The van der Waals surface area contributed by atoms with Crippen LogP contribution < -0.4 is 10.6 Å². The van der Waals surface area contributed by atoms with Crippen molar-refractivity contribution in [3.63, 3.8) is 0 Å². The summed E-state index contributed by atoms with van der Waals surface area (Å²) >= 11 is 0. The molecule has 2 amide bonds. The molecule has 0 bridgehead atoms. The van der Waals surface area contributed by atoms with E-state index in [0.29, 0.717) is 37.5 Å². The average molecular weight is 520 g/mol. The molecule has 7 rings (SSSR count). The molecule has 4 aromatic rings. The van der Waals surface area contributed by atoms with Gasteiger partial charge in [0.2, 0.25) is 5.91 Å². The first kappa shape index (κ1) is 23.9. The molecule has 3 aliphatic rings. The fraction of sp³-hybridized carbons (Fsp3) is 0.290. The molecule has 1 fully saturated rings. The van der Waals surface area contributed by atoms with E-state index >= 15 is 0 Å². The maximum Gasteiger partial charge on any atom is 0.269 e. The number of carbonyl (C=O) groups is 2. The maximum absolute atomic E-state index is 13.0. The van der Waals surface area contributed by atoms with Gasteiger partial charge in [0.1, 0.15) is 11.5 Å². The Morgan fingerprint density at radius 3 is 2.79 bits per heavy atom. The number of pyridine rings is 2. The van der Waals surface area contributed by atoms with E-state index < -0.39 is 5.41 Å². The average Bonchev–Trinajstić information content (AvgIpc) is 3.47. The van der Waals surface area contributed by atoms with Gasteiger partial charge in [-0.1, -0.05) is 42.5 Å². The zero-order valence-electron chi connectivity index (χ0n) is 21.5. The summed E-state index contributed by atoms with van der Waals surface area (Å²) in [5.74, 6) is 0.437. The van der Waals surface area contributed by atoms with E-state index in [4.69, 9.17) is 4.74 Å². The molecule has 2 unspecified atom stereocenters. The number of benzene rings is 2. The summed E-state index contributed by atoms with van der Waals surface area (Å²) in [6.07, 6.45) is 2.86. The second-order valence-corrected chi connectivity index (χ2v) is 10.7. The van der Waals surface area contributed by atoms with Crippen LogP contribution in [0.25, 0.3) is 10.9 Å². The standard InChI is InChI=1S/C31H29N5O3/c37-29(33-17-24-19-36(11-12-39-24)18-20-5-2-1-3-6-20)26-9-8-21-13-22-15-31(16-23(22)14-27(21)34-26)25-7-4-10-32-28(25)35-30(31)38/h1-10,13-14,24H,11-12,15-19H2,(H,33,37)(H,32,35,38). The number of hydrogen-bond acceptors (Lipinski definition) is 6. The Morgan fingerprint density at radius 1 is 1.08 bits per heavy atom. The van der Waals surface area contributed by atoms with Gasteiger partial charge in [-0.15, -0.1) is 0 Å². The van der Waals surface area contributed by atoms with Gasteiger partial charge in [0.05, 0.1) is 23.6 Å². The molecule has 2 aromatic heterocycles. The van der Waals surface area contributed by atoms with Gasteiger partial charge >= 0.3 is 0 Å². The van der Waals surface area contributed by atoms with Crippen LogP contribution in [0.4, 0.5) is 5.82 Å². The summed E-state index contributed by atoms with van der Waals surface area (Å²) in [6, 6.07) is 22.1. The van der Waals surface area contributed by atoms with Crippen molar-refractivity contribution < 1.29 is 14.3 Å². The molecule has 2 aromatic carbocycles. The first-order valence-electron chi connectivity index (χ1n) is 13.4. The smallest absolute Gasteiger partial charge is 0.269 e. The van der Waals surface area contributed by atoms with Crippen LogP contribution in [0.15, 0.2) is 72.9 Å². The van der Waals surface area contributed by atoms with Gasteiger partial charge in [0, 0.05) is 43.3 Å². The summed E-state index contributed by atoms with van der Waals surface area (Å²) < 4.78 is 5.92. The lowest BCUT2D eigenvalue weighted by molar-refractivity contribution is -0.120. The Labute approximate surface area is 226 Å². The number of nitrogens with zero attached hydrogens (tertiary/aromatic N) is 3. The lowest BCUT2D eigenvalue weighted by Crippen LogP contribution is -2.47. The lowest BCUT2D eigenvalue weighted by Gasteiger charge is -2.33. The molecule has 1 spiro atoms. The van der Waals surface area contributed by atoms with Crippen LogP contribution >= 0.6 is 0 Å². The van der Waals surface area contributed by atoms with Gasteiger partial charge < -0.3 is 15.4 Å². The second-order valence-electron chi connectivity index (χ2n) is 10.7. The van der Waals surface area contributed by atoms with Crippen LogP contribution in [-0.4, -0.2) is 59.0 Å². The highest BCUT2D eigenvalue weighted by molar-refractivity contribution is 6.06. The van der Waals surface area contributed by atoms with Gasteiger partial charge in [0.25, 0.3) is 5.91 Å². The molecule has 196 valence electrons. The highest BCUT2D eigenvalue weighted by Crippen LogP contribution is 2.47. The Bertz CT molecular complexity index is 1590. The van der Waals surface area contributed by atoms with E-state index in [1.165, 1.54) is 5.56 Å². The van der Waals surface area contributed by atoms with E-state index in [2.05, 4.69) is 55.8 Å². The van der Waals surface area contributed by atoms with Crippen molar-refractivity contribution in [2.45, 2.75) is 30.9 Å². The number of nitrogens with one attached hydrogen (secondary N) is 2. The predicted molar refractivity (Wildman–Crippen MR) is 147 cm³/mol. The fourth-order valence-electron chi connectivity index (χ4n) is 6.21. The summed E-state index contributed by atoms with van der Waals surface area (Å²) in [5, 5.41) is 6.93. The normalized spacial score (nSPS) is 22.1. The number of morpholine rings is 1. The van der Waals surface area contributed by atoms with Crippen molar-refractivity contribution in [3.05, 3.63) is 101 Å². The van der Waals surface area contributed by atoms with Gasteiger partial charge in [-0.25, -0.2) is 9.97 Å². The molecule has 0 radical (unpaired) electrons. The van der Waals surface area contributed by atoms with E-state index in [0.717, 1.165) is 47.2 Å². The second kappa shape index (κ2) is 9.55. The van der Waals surface area contributed by atoms with Crippen LogP contribution in [0.2, 0.25) is 0 Å². The number of aromatic nitrogens is 2. The minimum absolute atomic E-state index is 0.00301. The Hall–Kier alpha value is -4.14. The molecular weight excluding hydrogens is 490 g/mol. The number of amides is 2. The lowest BCUT2D eigenvalue weighted by atomic mass is 9.79. The molecular formula is C31H29N5O3. The van der Waals surface area contributed by atoms with E-state index in [-0.39, 0.29) is 17.9 Å². The van der Waals surface area contributed by atoms with Gasteiger partial charge in [-0.3, -0.25) is 14.5 Å². The fourth-order valence-corrected chi connectivity index (χ4v) is 6.21. The number of rotatable bonds is 5. The minimum atomic E-state index is -0.627. The monoisotopic (exact) mass is 519 g/mol. The van der Waals surface area contributed by atoms with Crippen molar-refractivity contribution in [2.24, 2.45) is 0 Å². The first-order valence-corrected chi connectivity index (χ1v) is 13.4. The summed E-state index contributed by atoms with van der Waals surface area (Å²) in [4.78, 5) is 37.5. The van der Waals surface area contributed by atoms with Crippen molar-refractivity contribution in [1.29, 1.82) is 0 Å². The van der Waals surface area contributed by atoms with E-state index in [9.17, 15) is 9.59 Å². The van der Waals surface area contributed by atoms with Crippen molar-refractivity contribution in [3.8, 4) is 0 Å². The highest BCUT2D eigenvalue weighted by atomic mass is 16.5. The third-order valence-corrected chi connectivity index (χ3v) is 8.18. The molecule has 8 heteroatoms. The van der Waals surface area contributed by atoms with Crippen LogP contribution in [-0.2, 0) is 34.3 Å². The zero-order chi connectivity index (χ0) is 26.4. The SMILES string of the molecule is O=C(NCC1CN(Cc2ccccc2)CCO1)c1ccc2cc3c(cc2n1)CC1(C3)C(=O)Nc2ncccc21. The minimum Gasteiger partial charge on any atom is -0.374 e. The molecule has 2 atom stereocenters. The van der Waals surface area contributed by atoms with Crippen molar-refractivity contribution in [1.82, 2.24) is 20.2 Å².